The molecule has 0 atom stereocenters. The summed E-state index contributed by atoms with van der Waals surface area (Å²) in [7, 11) is -8.22. The summed E-state index contributed by atoms with van der Waals surface area (Å²) in [5.74, 6) is -0.778. The molecule has 0 saturated carbocycles. The monoisotopic (exact) mass is 488 g/mol. The smallest absolute Gasteiger partial charge is 0.748 e. The fourth-order valence-electron chi connectivity index (χ4n) is 1.83. The van der Waals surface area contributed by atoms with Crippen LogP contribution in [0.25, 0.3) is 0 Å². The average Bonchev–Trinajstić information content (AvgIpc) is 2.63. The topological polar surface area (TPSA) is 164 Å². The fraction of sp³-hybridized carbons (Fsp3) is 0.375. The number of hydrogen-bond donors (Lipinski definition) is 2. The van der Waals surface area contributed by atoms with Crippen LogP contribution in [0.3, 0.4) is 0 Å². The van der Waals surface area contributed by atoms with Gasteiger partial charge in [-0.15, -0.1) is 0 Å². The van der Waals surface area contributed by atoms with Gasteiger partial charge in [0.15, 0.2) is 0 Å². The first-order valence-corrected chi connectivity index (χ1v) is 11.4. The summed E-state index contributed by atoms with van der Waals surface area (Å²) in [6.45, 7) is 1.25. The molecule has 0 unspecified atom stereocenters. The second-order valence-corrected chi connectivity index (χ2v) is 8.57. The molecule has 0 spiro atoms. The van der Waals surface area contributed by atoms with E-state index in [0.29, 0.717) is 13.1 Å². The third-order valence-electron chi connectivity index (χ3n) is 3.12. The van der Waals surface area contributed by atoms with Crippen LogP contribution in [0.2, 0.25) is 0 Å². The molecular formula is C16H22N4NiO6S2. The van der Waals surface area contributed by atoms with Crippen LogP contribution < -0.4 is 10.6 Å². The third kappa shape index (κ3) is 17.1. The molecule has 29 heavy (non-hydrogen) atoms. The van der Waals surface area contributed by atoms with Crippen LogP contribution in [-0.4, -0.2) is 60.5 Å². The van der Waals surface area contributed by atoms with Gasteiger partial charge in [0.2, 0.25) is 0 Å². The van der Waals surface area contributed by atoms with Crippen molar-refractivity contribution in [2.45, 2.75) is 13.1 Å². The number of nitrogens with one attached hydrogen (secondary N) is 2. The minimum Gasteiger partial charge on any atom is -0.748 e. The molecule has 0 saturated heterocycles. The first-order valence-electron chi connectivity index (χ1n) is 8.24. The second-order valence-electron chi connectivity index (χ2n) is 5.52. The molecule has 0 amide bonds. The molecule has 2 rings (SSSR count). The van der Waals surface area contributed by atoms with Gasteiger partial charge >= 0.3 is 16.5 Å². The summed E-state index contributed by atoms with van der Waals surface area (Å²) in [6.07, 6.45) is 3.31. The van der Waals surface area contributed by atoms with E-state index in [2.05, 4.69) is 20.6 Å². The van der Waals surface area contributed by atoms with E-state index in [4.69, 9.17) is 0 Å². The van der Waals surface area contributed by atoms with Gasteiger partial charge in [-0.1, -0.05) is 12.1 Å². The normalized spacial score (nSPS) is 11.1. The molecule has 0 aromatic carbocycles. The minimum atomic E-state index is -4.11. The molecule has 0 fully saturated rings. The Kier molecular flexibility index (Phi) is 13.8. The Hall–Kier alpha value is -1.47. The first-order chi connectivity index (χ1) is 13.2. The van der Waals surface area contributed by atoms with Gasteiger partial charge in [-0.3, -0.25) is 9.97 Å². The predicted octanol–water partition coefficient (Wildman–Crippen LogP) is -0.570. The summed E-state index contributed by atoms with van der Waals surface area (Å²) in [6, 6.07) is 10.9. The molecule has 2 aromatic heterocycles. The van der Waals surface area contributed by atoms with Crippen molar-refractivity contribution in [3.63, 3.8) is 0 Å². The van der Waals surface area contributed by atoms with E-state index in [-0.39, 0.29) is 41.1 Å². The van der Waals surface area contributed by atoms with Crippen LogP contribution in [0.5, 0.6) is 0 Å². The zero-order valence-corrected chi connectivity index (χ0v) is 18.0. The van der Waals surface area contributed by atoms with Crippen LogP contribution in [0.15, 0.2) is 48.8 Å². The van der Waals surface area contributed by atoms with Crippen molar-refractivity contribution >= 4 is 20.2 Å². The van der Waals surface area contributed by atoms with E-state index in [9.17, 15) is 25.9 Å². The van der Waals surface area contributed by atoms with Crippen LogP contribution in [0.4, 0.5) is 0 Å². The van der Waals surface area contributed by atoms with Gasteiger partial charge in [0.25, 0.3) is 0 Å². The van der Waals surface area contributed by atoms with Gasteiger partial charge in [0, 0.05) is 38.6 Å². The van der Waals surface area contributed by atoms with Crippen LogP contribution in [0.1, 0.15) is 11.4 Å². The maximum absolute atomic E-state index is 10.2. The summed E-state index contributed by atoms with van der Waals surface area (Å²) >= 11 is 0. The van der Waals surface area contributed by atoms with Gasteiger partial charge in [0.1, 0.15) is 0 Å². The number of aromatic nitrogens is 2. The Morgan fingerprint density at radius 3 is 1.38 bits per heavy atom. The molecule has 164 valence electrons. The van der Waals surface area contributed by atoms with E-state index in [1.165, 1.54) is 0 Å². The van der Waals surface area contributed by atoms with E-state index >= 15 is 0 Å². The molecule has 2 N–H and O–H groups in total. The third-order valence-corrected chi connectivity index (χ3v) is 4.53. The Balaban J connectivity index is 0.000000523. The van der Waals surface area contributed by atoms with Crippen molar-refractivity contribution in [3.05, 3.63) is 60.2 Å². The summed E-state index contributed by atoms with van der Waals surface area (Å²) in [5.41, 5.74) is 1.63. The van der Waals surface area contributed by atoms with Crippen molar-refractivity contribution in [2.75, 3.05) is 24.6 Å². The van der Waals surface area contributed by atoms with Crippen molar-refractivity contribution in [2.24, 2.45) is 0 Å². The van der Waals surface area contributed by atoms with Gasteiger partial charge in [-0.25, -0.2) is 16.8 Å². The molecule has 13 heteroatoms. The zero-order valence-electron chi connectivity index (χ0n) is 15.3. The van der Waals surface area contributed by atoms with Gasteiger partial charge in [0.05, 0.1) is 43.1 Å². The Morgan fingerprint density at radius 2 is 1.10 bits per heavy atom. The molecule has 0 radical (unpaired) electrons. The van der Waals surface area contributed by atoms with Crippen molar-refractivity contribution in [3.8, 4) is 0 Å². The molecule has 10 nitrogen and oxygen atoms in total. The number of pyridine rings is 2. The van der Waals surface area contributed by atoms with E-state index < -0.39 is 20.2 Å². The number of rotatable bonds is 10. The average molecular weight is 489 g/mol. The summed E-state index contributed by atoms with van der Waals surface area (Å²) < 4.78 is 61.4. The quantitative estimate of drug-likeness (QED) is 0.251. The molecule has 0 aliphatic heterocycles. The van der Waals surface area contributed by atoms with Gasteiger partial charge in [-0.2, -0.15) is 0 Å². The van der Waals surface area contributed by atoms with E-state index in [1.807, 2.05) is 24.3 Å². The van der Waals surface area contributed by atoms with Crippen molar-refractivity contribution < 1.29 is 42.4 Å². The summed E-state index contributed by atoms with van der Waals surface area (Å²) in [4.78, 5) is 8.05. The molecule has 2 heterocycles. The molecule has 0 bridgehead atoms. The van der Waals surface area contributed by atoms with E-state index in [0.717, 1.165) is 11.4 Å². The Labute approximate surface area is 181 Å². The van der Waals surface area contributed by atoms with E-state index in [1.54, 1.807) is 24.5 Å². The molecule has 2 aromatic rings. The largest absolute Gasteiger partial charge is 2.00 e. The summed E-state index contributed by atoms with van der Waals surface area (Å²) in [5, 5.41) is 5.63. The van der Waals surface area contributed by atoms with Crippen molar-refractivity contribution in [1.82, 2.24) is 20.6 Å². The zero-order chi connectivity index (χ0) is 20.9. The second kappa shape index (κ2) is 14.5. The van der Waals surface area contributed by atoms with Gasteiger partial charge in [-0.05, 0) is 24.3 Å². The maximum Gasteiger partial charge on any atom is 2.00 e. The van der Waals surface area contributed by atoms with Gasteiger partial charge < -0.3 is 19.7 Å². The molecular weight excluding hydrogens is 467 g/mol. The standard InChI is InChI=1S/2C8H12N2O3S.Ni/c2*11-14(12,13)6-5-9-7-8-3-1-2-4-10-8;/h2*1-4,9H,5-7H2,(H,11,12,13);/q;;+2/p-2. The Bertz CT molecular complexity index is 809. The predicted molar refractivity (Wildman–Crippen MR) is 101 cm³/mol. The van der Waals surface area contributed by atoms with Crippen LogP contribution in [-0.2, 0) is 49.8 Å². The fourth-order valence-corrected chi connectivity index (χ4v) is 2.62. The van der Waals surface area contributed by atoms with Crippen LogP contribution in [0, 0.1) is 0 Å². The Morgan fingerprint density at radius 1 is 0.724 bits per heavy atom. The minimum absolute atomic E-state index is 0. The maximum atomic E-state index is 10.2. The van der Waals surface area contributed by atoms with Crippen LogP contribution >= 0.6 is 0 Å². The first kappa shape index (κ1) is 27.5. The molecule has 0 aliphatic rings. The number of hydrogen-bond acceptors (Lipinski definition) is 10. The number of nitrogens with zero attached hydrogens (tertiary/aromatic N) is 2. The SMILES string of the molecule is O=S(=O)([O-])CCNCc1ccccn1.O=S(=O)([O-])CCNCc1ccccn1.[Ni+2]. The van der Waals surface area contributed by atoms with Crippen molar-refractivity contribution in [1.29, 1.82) is 0 Å². The molecule has 0 aliphatic carbocycles.